The standard InChI is InChI=1S/C14H18F3NO2/c1-4-10(5-2)18(3)12-7-6-9(13(19)20)8-11(12)14(15,16)17/h6-8,10H,4-5H2,1-3H3,(H,19,20). The Labute approximate surface area is 116 Å². The lowest BCUT2D eigenvalue weighted by Gasteiger charge is -2.30. The molecule has 1 N–H and O–H groups in total. The summed E-state index contributed by atoms with van der Waals surface area (Å²) in [5, 5.41) is 8.83. The van der Waals surface area contributed by atoms with Gasteiger partial charge in [-0.2, -0.15) is 13.2 Å². The van der Waals surface area contributed by atoms with Gasteiger partial charge in [0.2, 0.25) is 0 Å². The lowest BCUT2D eigenvalue weighted by molar-refractivity contribution is -0.137. The molecule has 112 valence electrons. The first-order chi connectivity index (χ1) is 9.22. The highest BCUT2D eigenvalue weighted by Crippen LogP contribution is 2.38. The van der Waals surface area contributed by atoms with Crippen LogP contribution in [0.25, 0.3) is 0 Å². The van der Waals surface area contributed by atoms with Crippen LogP contribution >= 0.6 is 0 Å². The Morgan fingerprint density at radius 1 is 1.30 bits per heavy atom. The van der Waals surface area contributed by atoms with Gasteiger partial charge in [0.15, 0.2) is 0 Å². The Morgan fingerprint density at radius 2 is 1.85 bits per heavy atom. The van der Waals surface area contributed by atoms with Crippen LogP contribution in [-0.2, 0) is 6.18 Å². The van der Waals surface area contributed by atoms with Gasteiger partial charge in [0.25, 0.3) is 0 Å². The molecule has 20 heavy (non-hydrogen) atoms. The molecule has 0 saturated carbocycles. The number of alkyl halides is 3. The first-order valence-corrected chi connectivity index (χ1v) is 6.39. The van der Waals surface area contributed by atoms with E-state index in [0.29, 0.717) is 18.9 Å². The number of carboxylic acid groups (broad SMARTS) is 1. The number of hydrogen-bond donors (Lipinski definition) is 1. The fraction of sp³-hybridized carbons (Fsp3) is 0.500. The van der Waals surface area contributed by atoms with Gasteiger partial charge in [0.05, 0.1) is 11.1 Å². The van der Waals surface area contributed by atoms with Crippen LogP contribution in [0.15, 0.2) is 18.2 Å². The van der Waals surface area contributed by atoms with Crippen molar-refractivity contribution in [1.29, 1.82) is 0 Å². The van der Waals surface area contributed by atoms with Crippen molar-refractivity contribution in [2.24, 2.45) is 0 Å². The second kappa shape index (κ2) is 6.15. The molecule has 0 radical (unpaired) electrons. The van der Waals surface area contributed by atoms with Crippen molar-refractivity contribution in [3.63, 3.8) is 0 Å². The monoisotopic (exact) mass is 289 g/mol. The first-order valence-electron chi connectivity index (χ1n) is 6.39. The number of anilines is 1. The first kappa shape index (κ1) is 16.3. The van der Waals surface area contributed by atoms with E-state index < -0.39 is 17.7 Å². The van der Waals surface area contributed by atoms with E-state index in [1.165, 1.54) is 12.1 Å². The van der Waals surface area contributed by atoms with Crippen LogP contribution in [0.2, 0.25) is 0 Å². The van der Waals surface area contributed by atoms with Gasteiger partial charge >= 0.3 is 12.1 Å². The van der Waals surface area contributed by atoms with E-state index in [4.69, 9.17) is 5.11 Å². The minimum absolute atomic E-state index is 0.0104. The van der Waals surface area contributed by atoms with Crippen molar-refractivity contribution in [3.8, 4) is 0 Å². The summed E-state index contributed by atoms with van der Waals surface area (Å²) in [5.74, 6) is -1.37. The smallest absolute Gasteiger partial charge is 0.418 e. The maximum absolute atomic E-state index is 13.1. The Kier molecular flexibility index (Phi) is 5.03. The number of carbonyl (C=O) groups is 1. The van der Waals surface area contributed by atoms with Gasteiger partial charge in [0.1, 0.15) is 0 Å². The van der Waals surface area contributed by atoms with E-state index >= 15 is 0 Å². The largest absolute Gasteiger partial charge is 0.478 e. The lowest BCUT2D eigenvalue weighted by atomic mass is 10.0. The van der Waals surface area contributed by atoms with Crippen LogP contribution in [0.3, 0.4) is 0 Å². The predicted molar refractivity (Wildman–Crippen MR) is 71.2 cm³/mol. The summed E-state index contributed by atoms with van der Waals surface area (Å²) in [4.78, 5) is 12.4. The van der Waals surface area contributed by atoms with Crippen LogP contribution in [0.1, 0.15) is 42.6 Å². The van der Waals surface area contributed by atoms with Gasteiger partial charge < -0.3 is 10.0 Å². The molecule has 3 nitrogen and oxygen atoms in total. The third kappa shape index (κ3) is 3.43. The summed E-state index contributed by atoms with van der Waals surface area (Å²) in [6.07, 6.45) is -3.16. The van der Waals surface area contributed by atoms with E-state index in [1.807, 2.05) is 13.8 Å². The zero-order valence-corrected chi connectivity index (χ0v) is 11.7. The highest BCUT2D eigenvalue weighted by molar-refractivity contribution is 5.88. The highest BCUT2D eigenvalue weighted by Gasteiger charge is 2.35. The van der Waals surface area contributed by atoms with Gasteiger partial charge in [-0.15, -0.1) is 0 Å². The molecule has 0 aromatic heterocycles. The Balaban J connectivity index is 3.35. The van der Waals surface area contributed by atoms with Crippen molar-refractivity contribution < 1.29 is 23.1 Å². The Morgan fingerprint density at radius 3 is 2.25 bits per heavy atom. The second-order valence-corrected chi connectivity index (χ2v) is 4.62. The fourth-order valence-electron chi connectivity index (χ4n) is 2.24. The third-order valence-corrected chi connectivity index (χ3v) is 3.42. The maximum atomic E-state index is 13.1. The Hall–Kier alpha value is -1.72. The zero-order valence-electron chi connectivity index (χ0n) is 11.7. The second-order valence-electron chi connectivity index (χ2n) is 4.62. The van der Waals surface area contributed by atoms with Gasteiger partial charge in [-0.3, -0.25) is 0 Å². The van der Waals surface area contributed by atoms with Gasteiger partial charge in [0, 0.05) is 18.8 Å². The fourth-order valence-corrected chi connectivity index (χ4v) is 2.24. The number of benzene rings is 1. The van der Waals surface area contributed by atoms with Crippen molar-refractivity contribution in [2.45, 2.75) is 38.9 Å². The summed E-state index contributed by atoms with van der Waals surface area (Å²) < 4.78 is 39.3. The summed E-state index contributed by atoms with van der Waals surface area (Å²) in [5.41, 5.74) is -1.26. The number of hydrogen-bond acceptors (Lipinski definition) is 2. The molecule has 0 aliphatic heterocycles. The molecule has 0 saturated heterocycles. The summed E-state index contributed by atoms with van der Waals surface area (Å²) in [6.45, 7) is 3.81. The van der Waals surface area contributed by atoms with E-state index in [0.717, 1.165) is 0 Å². The number of aromatic carboxylic acids is 1. The van der Waals surface area contributed by atoms with Crippen molar-refractivity contribution in [2.75, 3.05) is 11.9 Å². The van der Waals surface area contributed by atoms with Gasteiger partial charge in [-0.25, -0.2) is 4.79 Å². The molecule has 1 aromatic rings. The predicted octanol–water partition coefficient (Wildman–Crippen LogP) is 4.03. The molecule has 0 atom stereocenters. The SMILES string of the molecule is CCC(CC)N(C)c1ccc(C(=O)O)cc1C(F)(F)F. The molecule has 1 aromatic carbocycles. The Bertz CT molecular complexity index is 482. The maximum Gasteiger partial charge on any atom is 0.418 e. The third-order valence-electron chi connectivity index (χ3n) is 3.42. The zero-order chi connectivity index (χ0) is 15.5. The van der Waals surface area contributed by atoms with Crippen molar-refractivity contribution >= 4 is 11.7 Å². The molecule has 0 unspecified atom stereocenters. The van der Waals surface area contributed by atoms with E-state index in [1.54, 1.807) is 11.9 Å². The van der Waals surface area contributed by atoms with Gasteiger partial charge in [-0.1, -0.05) is 13.8 Å². The molecule has 0 amide bonds. The lowest BCUT2D eigenvalue weighted by Crippen LogP contribution is -2.32. The number of rotatable bonds is 5. The summed E-state index contributed by atoms with van der Waals surface area (Å²) in [6, 6.07) is 3.10. The van der Waals surface area contributed by atoms with E-state index in [-0.39, 0.29) is 17.3 Å². The molecule has 0 heterocycles. The highest BCUT2D eigenvalue weighted by atomic mass is 19.4. The van der Waals surface area contributed by atoms with E-state index in [9.17, 15) is 18.0 Å². The molecule has 6 heteroatoms. The molecule has 0 aliphatic carbocycles. The quantitative estimate of drug-likeness (QED) is 0.889. The summed E-state index contributed by atoms with van der Waals surface area (Å²) >= 11 is 0. The van der Waals surface area contributed by atoms with Crippen molar-refractivity contribution in [1.82, 2.24) is 0 Å². The molecule has 0 aliphatic rings. The number of halogens is 3. The van der Waals surface area contributed by atoms with Gasteiger partial charge in [-0.05, 0) is 31.0 Å². The van der Waals surface area contributed by atoms with Crippen LogP contribution in [0, 0.1) is 0 Å². The topological polar surface area (TPSA) is 40.5 Å². The minimum Gasteiger partial charge on any atom is -0.478 e. The average Bonchev–Trinajstić information content (AvgIpc) is 2.38. The molecular formula is C14H18F3NO2. The molecule has 0 bridgehead atoms. The molecule has 1 rings (SSSR count). The number of nitrogens with zero attached hydrogens (tertiary/aromatic N) is 1. The minimum atomic E-state index is -4.58. The number of carboxylic acids is 1. The molecule has 0 spiro atoms. The van der Waals surface area contributed by atoms with Crippen LogP contribution < -0.4 is 4.90 Å². The van der Waals surface area contributed by atoms with Crippen LogP contribution in [0.5, 0.6) is 0 Å². The summed E-state index contributed by atoms with van der Waals surface area (Å²) in [7, 11) is 1.60. The molecule has 0 fully saturated rings. The van der Waals surface area contributed by atoms with Crippen molar-refractivity contribution in [3.05, 3.63) is 29.3 Å². The molecular weight excluding hydrogens is 271 g/mol. The van der Waals surface area contributed by atoms with Crippen LogP contribution in [0.4, 0.5) is 18.9 Å². The normalized spacial score (nSPS) is 11.8. The van der Waals surface area contributed by atoms with Crippen LogP contribution in [-0.4, -0.2) is 24.2 Å². The van der Waals surface area contributed by atoms with E-state index in [2.05, 4.69) is 0 Å². The average molecular weight is 289 g/mol.